The van der Waals surface area contributed by atoms with Crippen molar-refractivity contribution in [2.24, 2.45) is 5.16 Å². The maximum atomic E-state index is 8.45. The van der Waals surface area contributed by atoms with Crippen LogP contribution >= 0.6 is 11.6 Å². The standard InChI is InChI=1S/C7H10ClNO/c8-6-4-2-1-3-5-7(6)9-10/h4,10H,1-3,5H2. The van der Waals surface area contributed by atoms with Crippen LogP contribution in [0.5, 0.6) is 0 Å². The molecule has 3 heteroatoms. The maximum absolute atomic E-state index is 8.45. The molecular weight excluding hydrogens is 150 g/mol. The predicted molar refractivity (Wildman–Crippen MR) is 41.6 cm³/mol. The van der Waals surface area contributed by atoms with Crippen molar-refractivity contribution in [2.45, 2.75) is 25.7 Å². The SMILES string of the molecule is ON=C1CCCCC=C1Cl. The second-order valence-corrected chi connectivity index (χ2v) is 2.75. The first-order valence-corrected chi connectivity index (χ1v) is 3.79. The van der Waals surface area contributed by atoms with Crippen molar-refractivity contribution in [1.82, 2.24) is 0 Å². The Kier molecular flexibility index (Phi) is 2.75. The van der Waals surface area contributed by atoms with E-state index in [1.807, 2.05) is 6.08 Å². The summed E-state index contributed by atoms with van der Waals surface area (Å²) >= 11 is 5.76. The zero-order valence-electron chi connectivity index (χ0n) is 5.68. The first kappa shape index (κ1) is 7.61. The molecule has 0 aliphatic heterocycles. The summed E-state index contributed by atoms with van der Waals surface area (Å²) in [4.78, 5) is 0. The molecule has 10 heavy (non-hydrogen) atoms. The average molecular weight is 160 g/mol. The molecule has 0 aromatic rings. The van der Waals surface area contributed by atoms with E-state index in [1.165, 1.54) is 0 Å². The van der Waals surface area contributed by atoms with Crippen LogP contribution in [0.25, 0.3) is 0 Å². The number of allylic oxidation sites excluding steroid dienone is 2. The predicted octanol–water partition coefficient (Wildman–Crippen LogP) is 2.51. The van der Waals surface area contributed by atoms with Crippen LogP contribution in [0.15, 0.2) is 16.3 Å². The van der Waals surface area contributed by atoms with E-state index in [9.17, 15) is 0 Å². The highest BCUT2D eigenvalue weighted by Crippen LogP contribution is 2.17. The van der Waals surface area contributed by atoms with Gasteiger partial charge in [-0.3, -0.25) is 0 Å². The second-order valence-electron chi connectivity index (χ2n) is 2.34. The number of rotatable bonds is 0. The van der Waals surface area contributed by atoms with E-state index < -0.39 is 0 Å². The Labute approximate surface area is 65.2 Å². The smallest absolute Gasteiger partial charge is 0.0978 e. The van der Waals surface area contributed by atoms with Crippen molar-refractivity contribution < 1.29 is 5.21 Å². The number of nitrogens with zero attached hydrogens (tertiary/aromatic N) is 1. The lowest BCUT2D eigenvalue weighted by molar-refractivity contribution is 0.318. The van der Waals surface area contributed by atoms with E-state index in [0.29, 0.717) is 10.7 Å². The van der Waals surface area contributed by atoms with Crippen molar-refractivity contribution in [3.63, 3.8) is 0 Å². The molecule has 0 atom stereocenters. The van der Waals surface area contributed by atoms with Crippen LogP contribution in [-0.2, 0) is 0 Å². The van der Waals surface area contributed by atoms with E-state index >= 15 is 0 Å². The van der Waals surface area contributed by atoms with Gasteiger partial charge in [0.2, 0.25) is 0 Å². The lowest BCUT2D eigenvalue weighted by Gasteiger charge is -1.95. The molecule has 1 rings (SSSR count). The largest absolute Gasteiger partial charge is 0.411 e. The topological polar surface area (TPSA) is 32.6 Å². The third-order valence-electron chi connectivity index (χ3n) is 1.59. The van der Waals surface area contributed by atoms with Crippen LogP contribution in [0.2, 0.25) is 0 Å². The molecule has 1 aliphatic rings. The molecule has 0 radical (unpaired) electrons. The lowest BCUT2D eigenvalue weighted by Crippen LogP contribution is -1.95. The molecule has 0 saturated heterocycles. The van der Waals surface area contributed by atoms with Crippen LogP contribution < -0.4 is 0 Å². The summed E-state index contributed by atoms with van der Waals surface area (Å²) < 4.78 is 0. The Hall–Kier alpha value is -0.500. The quantitative estimate of drug-likeness (QED) is 0.428. The Morgan fingerprint density at radius 2 is 2.30 bits per heavy atom. The number of hydrogen-bond acceptors (Lipinski definition) is 2. The molecule has 56 valence electrons. The van der Waals surface area contributed by atoms with Crippen LogP contribution in [0.3, 0.4) is 0 Å². The summed E-state index contributed by atoms with van der Waals surface area (Å²) in [5.41, 5.74) is 0.624. The normalized spacial score (nSPS) is 24.1. The van der Waals surface area contributed by atoms with Crippen molar-refractivity contribution in [3.05, 3.63) is 11.1 Å². The molecule has 0 amide bonds. The molecule has 0 spiro atoms. The van der Waals surface area contributed by atoms with Gasteiger partial charge in [0.15, 0.2) is 0 Å². The zero-order valence-corrected chi connectivity index (χ0v) is 6.43. The van der Waals surface area contributed by atoms with E-state index in [0.717, 1.165) is 25.7 Å². The number of halogens is 1. The highest BCUT2D eigenvalue weighted by molar-refractivity contribution is 6.43. The minimum atomic E-state index is 0.611. The van der Waals surface area contributed by atoms with Gasteiger partial charge in [0.1, 0.15) is 0 Å². The van der Waals surface area contributed by atoms with Crippen LogP contribution in [-0.4, -0.2) is 10.9 Å². The van der Waals surface area contributed by atoms with E-state index in [2.05, 4.69) is 5.16 Å². The van der Waals surface area contributed by atoms with Gasteiger partial charge in [-0.15, -0.1) is 0 Å². The summed E-state index contributed by atoms with van der Waals surface area (Å²) in [6.07, 6.45) is 5.90. The summed E-state index contributed by atoms with van der Waals surface area (Å²) in [5, 5.41) is 12.2. The molecular formula is C7H10ClNO. The summed E-state index contributed by atoms with van der Waals surface area (Å²) in [6, 6.07) is 0. The minimum absolute atomic E-state index is 0.611. The minimum Gasteiger partial charge on any atom is -0.411 e. The fourth-order valence-corrected chi connectivity index (χ4v) is 1.24. The first-order chi connectivity index (χ1) is 4.84. The molecule has 0 heterocycles. The third-order valence-corrected chi connectivity index (χ3v) is 1.96. The fourth-order valence-electron chi connectivity index (χ4n) is 1.00. The Morgan fingerprint density at radius 3 is 3.00 bits per heavy atom. The van der Waals surface area contributed by atoms with E-state index in [-0.39, 0.29) is 0 Å². The van der Waals surface area contributed by atoms with Gasteiger partial charge in [-0.25, -0.2) is 0 Å². The van der Waals surface area contributed by atoms with Gasteiger partial charge in [0.05, 0.1) is 10.7 Å². The molecule has 0 aromatic carbocycles. The van der Waals surface area contributed by atoms with Crippen molar-refractivity contribution in [1.29, 1.82) is 0 Å². The van der Waals surface area contributed by atoms with Gasteiger partial charge >= 0.3 is 0 Å². The molecule has 0 bridgehead atoms. The lowest BCUT2D eigenvalue weighted by atomic mass is 10.2. The first-order valence-electron chi connectivity index (χ1n) is 3.41. The fraction of sp³-hybridized carbons (Fsp3) is 0.571. The molecule has 0 fully saturated rings. The average Bonchev–Trinajstić information content (AvgIpc) is 2.13. The number of hydrogen-bond donors (Lipinski definition) is 1. The molecule has 1 N–H and O–H groups in total. The van der Waals surface area contributed by atoms with Crippen LogP contribution in [0.4, 0.5) is 0 Å². The monoisotopic (exact) mass is 159 g/mol. The summed E-state index contributed by atoms with van der Waals surface area (Å²) in [7, 11) is 0. The molecule has 0 aromatic heterocycles. The van der Waals surface area contributed by atoms with E-state index in [4.69, 9.17) is 16.8 Å². The van der Waals surface area contributed by atoms with Gasteiger partial charge in [0, 0.05) is 0 Å². The molecule has 2 nitrogen and oxygen atoms in total. The van der Waals surface area contributed by atoms with Crippen molar-refractivity contribution >= 4 is 17.3 Å². The Bertz CT molecular complexity index is 174. The number of oxime groups is 1. The van der Waals surface area contributed by atoms with Gasteiger partial charge in [-0.1, -0.05) is 22.8 Å². The Morgan fingerprint density at radius 1 is 1.50 bits per heavy atom. The van der Waals surface area contributed by atoms with Gasteiger partial charge in [0.25, 0.3) is 0 Å². The highest BCUT2D eigenvalue weighted by Gasteiger charge is 2.07. The van der Waals surface area contributed by atoms with Crippen molar-refractivity contribution in [3.8, 4) is 0 Å². The maximum Gasteiger partial charge on any atom is 0.0978 e. The van der Waals surface area contributed by atoms with Crippen LogP contribution in [0, 0.1) is 0 Å². The van der Waals surface area contributed by atoms with E-state index in [1.54, 1.807) is 0 Å². The molecule has 0 unspecified atom stereocenters. The molecule has 1 aliphatic carbocycles. The van der Waals surface area contributed by atoms with Crippen LogP contribution in [0.1, 0.15) is 25.7 Å². The summed E-state index contributed by atoms with van der Waals surface area (Å²) in [6.45, 7) is 0. The zero-order chi connectivity index (χ0) is 7.40. The molecule has 0 saturated carbocycles. The van der Waals surface area contributed by atoms with Gasteiger partial charge in [-0.2, -0.15) is 0 Å². The van der Waals surface area contributed by atoms with Gasteiger partial charge in [-0.05, 0) is 25.7 Å². The van der Waals surface area contributed by atoms with Gasteiger partial charge < -0.3 is 5.21 Å². The Balaban J connectivity index is 2.70. The van der Waals surface area contributed by atoms with Crippen molar-refractivity contribution in [2.75, 3.05) is 0 Å². The summed E-state index contributed by atoms with van der Waals surface area (Å²) in [5.74, 6) is 0. The third kappa shape index (κ3) is 1.74. The highest BCUT2D eigenvalue weighted by atomic mass is 35.5. The second kappa shape index (κ2) is 3.62.